The zero-order valence-corrected chi connectivity index (χ0v) is 43.3. The quantitative estimate of drug-likeness (QED) is 0.0197. The fourth-order valence-electron chi connectivity index (χ4n) is 8.33. The van der Waals surface area contributed by atoms with Gasteiger partial charge in [-0.1, -0.05) is 204 Å². The topological polar surface area (TPSA) is 178 Å². The second kappa shape index (κ2) is 45.5. The summed E-state index contributed by atoms with van der Waals surface area (Å²) in [4.78, 5) is 12.9. The van der Waals surface area contributed by atoms with Gasteiger partial charge in [-0.15, -0.1) is 0 Å². The Morgan fingerprint density at radius 2 is 1.00 bits per heavy atom. The lowest BCUT2D eigenvalue weighted by molar-refractivity contribution is -0.301. The maximum absolute atomic E-state index is 12.9. The molecule has 12 nitrogen and oxygen atoms in total. The van der Waals surface area contributed by atoms with Crippen LogP contribution < -0.4 is 0 Å². The van der Waals surface area contributed by atoms with Gasteiger partial charge in [0.25, 0.3) is 0 Å². The van der Waals surface area contributed by atoms with E-state index >= 15 is 0 Å². The van der Waals surface area contributed by atoms with Crippen LogP contribution in [-0.2, 0) is 38.3 Å². The van der Waals surface area contributed by atoms with Crippen molar-refractivity contribution in [2.24, 2.45) is 0 Å². The molecule has 1 fully saturated rings. The maximum Gasteiger partial charge on any atom is 0.397 e. The number of aliphatic hydroxyl groups excluding tert-OH is 3. The number of allylic oxidation sites excluding steroid dienone is 6. The fourth-order valence-corrected chi connectivity index (χ4v) is 8.84. The molecular formula is C54H100O12S. The number of esters is 1. The molecule has 6 atom stereocenters. The van der Waals surface area contributed by atoms with Gasteiger partial charge in [0, 0.05) is 13.0 Å². The molecule has 0 aliphatic carbocycles. The van der Waals surface area contributed by atoms with Crippen LogP contribution >= 0.6 is 0 Å². The highest BCUT2D eigenvalue weighted by atomic mass is 32.3. The third-order valence-electron chi connectivity index (χ3n) is 12.5. The largest absolute Gasteiger partial charge is 0.457 e. The molecule has 0 saturated carbocycles. The molecule has 1 aliphatic heterocycles. The summed E-state index contributed by atoms with van der Waals surface area (Å²) in [5, 5.41) is 30.8. The minimum atomic E-state index is -5.07. The van der Waals surface area contributed by atoms with Crippen molar-refractivity contribution in [1.82, 2.24) is 0 Å². The molecule has 1 heterocycles. The minimum absolute atomic E-state index is 0.0321. The summed E-state index contributed by atoms with van der Waals surface area (Å²) < 4.78 is 59.3. The summed E-state index contributed by atoms with van der Waals surface area (Å²) in [5.41, 5.74) is 0. The van der Waals surface area contributed by atoms with Crippen molar-refractivity contribution in [2.45, 2.75) is 275 Å². The van der Waals surface area contributed by atoms with Gasteiger partial charge in [0.05, 0.1) is 19.8 Å². The second-order valence-electron chi connectivity index (χ2n) is 18.8. The molecule has 0 aromatic rings. The van der Waals surface area contributed by atoms with E-state index in [1.54, 1.807) is 0 Å². The summed E-state index contributed by atoms with van der Waals surface area (Å²) in [6.07, 6.45) is 46.2. The van der Waals surface area contributed by atoms with Crippen LogP contribution in [0.25, 0.3) is 0 Å². The summed E-state index contributed by atoms with van der Waals surface area (Å²) >= 11 is 0. The Labute approximate surface area is 409 Å². The number of rotatable bonds is 48. The molecule has 0 aromatic heterocycles. The number of aliphatic hydroxyl groups is 3. The fraction of sp³-hybridized carbons (Fsp3) is 0.870. The van der Waals surface area contributed by atoms with E-state index < -0.39 is 59.8 Å². The van der Waals surface area contributed by atoms with Gasteiger partial charge >= 0.3 is 16.4 Å². The first kappa shape index (κ1) is 63.3. The Morgan fingerprint density at radius 3 is 1.48 bits per heavy atom. The van der Waals surface area contributed by atoms with Gasteiger partial charge in [-0.3, -0.25) is 9.35 Å². The predicted molar refractivity (Wildman–Crippen MR) is 271 cm³/mol. The summed E-state index contributed by atoms with van der Waals surface area (Å²) in [6.45, 7) is 3.96. The lowest BCUT2D eigenvalue weighted by Crippen LogP contribution is -2.60. The molecule has 1 rings (SSSR count). The molecule has 0 spiro atoms. The number of carbonyl (C=O) groups is 1. The van der Waals surface area contributed by atoms with Crippen molar-refractivity contribution in [1.29, 1.82) is 0 Å². The maximum atomic E-state index is 12.9. The minimum Gasteiger partial charge on any atom is -0.457 e. The Morgan fingerprint density at radius 1 is 0.567 bits per heavy atom. The van der Waals surface area contributed by atoms with Gasteiger partial charge in [-0.05, 0) is 64.2 Å². The zero-order valence-electron chi connectivity index (χ0n) is 42.5. The molecular weight excluding hydrogens is 873 g/mol. The molecule has 0 amide bonds. The first-order chi connectivity index (χ1) is 32.6. The number of hydrogen-bond acceptors (Lipinski definition) is 11. The molecule has 67 heavy (non-hydrogen) atoms. The lowest BCUT2D eigenvalue weighted by atomic mass is 9.99. The van der Waals surface area contributed by atoms with E-state index in [1.807, 2.05) is 0 Å². The molecule has 6 unspecified atom stereocenters. The zero-order chi connectivity index (χ0) is 48.9. The third-order valence-corrected chi connectivity index (χ3v) is 13.0. The van der Waals surface area contributed by atoms with Crippen molar-refractivity contribution in [3.05, 3.63) is 36.5 Å². The van der Waals surface area contributed by atoms with Crippen molar-refractivity contribution in [2.75, 3.05) is 26.4 Å². The second-order valence-corrected chi connectivity index (χ2v) is 19.9. The van der Waals surface area contributed by atoms with Crippen molar-refractivity contribution in [3.63, 3.8) is 0 Å². The first-order valence-electron chi connectivity index (χ1n) is 27.2. The molecule has 1 aliphatic rings. The first-order valence-corrected chi connectivity index (χ1v) is 28.6. The molecule has 0 bridgehead atoms. The highest BCUT2D eigenvalue weighted by molar-refractivity contribution is 7.80. The van der Waals surface area contributed by atoms with E-state index in [0.29, 0.717) is 13.0 Å². The van der Waals surface area contributed by atoms with E-state index in [-0.39, 0.29) is 19.6 Å². The Balaban J connectivity index is 2.27. The third kappa shape index (κ3) is 38.7. The molecule has 394 valence electrons. The van der Waals surface area contributed by atoms with Crippen LogP contribution in [0.4, 0.5) is 0 Å². The van der Waals surface area contributed by atoms with Gasteiger partial charge in [-0.2, -0.15) is 8.42 Å². The van der Waals surface area contributed by atoms with E-state index in [1.165, 1.54) is 148 Å². The van der Waals surface area contributed by atoms with Gasteiger partial charge in [-0.25, -0.2) is 4.18 Å². The summed E-state index contributed by atoms with van der Waals surface area (Å²) in [5.74, 6) is -0.411. The van der Waals surface area contributed by atoms with Crippen LogP contribution in [0.1, 0.15) is 239 Å². The van der Waals surface area contributed by atoms with Gasteiger partial charge in [0.15, 0.2) is 6.29 Å². The number of unbranched alkanes of at least 4 members (excludes halogenated alkanes) is 29. The van der Waals surface area contributed by atoms with Crippen molar-refractivity contribution >= 4 is 16.4 Å². The average Bonchev–Trinajstić information content (AvgIpc) is 3.30. The normalized spacial score (nSPS) is 19.6. The molecule has 13 heteroatoms. The molecule has 0 radical (unpaired) electrons. The monoisotopic (exact) mass is 973 g/mol. The van der Waals surface area contributed by atoms with E-state index in [0.717, 1.165) is 64.2 Å². The smallest absolute Gasteiger partial charge is 0.397 e. The molecule has 4 N–H and O–H groups in total. The molecule has 1 saturated heterocycles. The van der Waals surface area contributed by atoms with Crippen LogP contribution in [0.5, 0.6) is 0 Å². The van der Waals surface area contributed by atoms with E-state index in [2.05, 4.69) is 54.5 Å². The Kier molecular flexibility index (Phi) is 43.0. The van der Waals surface area contributed by atoms with Crippen molar-refractivity contribution < 1.29 is 56.2 Å². The lowest BCUT2D eigenvalue weighted by Gasteiger charge is -2.41. The summed E-state index contributed by atoms with van der Waals surface area (Å²) in [7, 11) is -5.07. The van der Waals surface area contributed by atoms with Crippen LogP contribution in [0.3, 0.4) is 0 Å². The van der Waals surface area contributed by atoms with Gasteiger partial charge < -0.3 is 34.3 Å². The Hall–Kier alpha value is -1.68. The van der Waals surface area contributed by atoms with Crippen LogP contribution in [0.2, 0.25) is 0 Å². The average molecular weight is 973 g/mol. The number of hydrogen-bond donors (Lipinski definition) is 4. The summed E-state index contributed by atoms with van der Waals surface area (Å²) in [6, 6.07) is 0. The van der Waals surface area contributed by atoms with Crippen LogP contribution in [0.15, 0.2) is 36.5 Å². The predicted octanol–water partition coefficient (Wildman–Crippen LogP) is 12.9. The standard InChI is InChI=1S/C54H100O12S/c1-3-5-7-9-11-13-15-17-19-20-21-22-23-24-25-26-27-28-29-30-32-34-36-38-40-42-44-62-46-48(47-63-54-52(58)53(66-67(59,60)61)51(57)49(45-55)65-54)64-50(56)43-41-39-37-35-33-31-18-16-14-12-10-8-6-4-2/h10,12,16,18,20-21,48-49,51-55,57-58H,3-9,11,13-15,17,19,22-47H2,1-2H3,(H,59,60,61)/b12-10-,18-16-,21-20-. The highest BCUT2D eigenvalue weighted by Crippen LogP contribution is 2.26. The van der Waals surface area contributed by atoms with Crippen molar-refractivity contribution in [3.8, 4) is 0 Å². The Bertz CT molecular complexity index is 1310. The SMILES string of the molecule is CCCC/C=C\C/C=C\CCCCCCCC(=O)OC(COCCCCCCCCCCCCCCCC/C=C\CCCCCCCCCC)COC1OC(CO)C(O)C(OS(=O)(=O)O)C1O. The number of ether oxygens (including phenoxy) is 4. The van der Waals surface area contributed by atoms with E-state index in [4.69, 9.17) is 18.9 Å². The van der Waals surface area contributed by atoms with Gasteiger partial charge in [0.2, 0.25) is 0 Å². The van der Waals surface area contributed by atoms with E-state index in [9.17, 15) is 33.1 Å². The molecule has 0 aromatic carbocycles. The number of carbonyl (C=O) groups excluding carboxylic acids is 1. The van der Waals surface area contributed by atoms with Crippen LogP contribution in [0, 0.1) is 0 Å². The van der Waals surface area contributed by atoms with Gasteiger partial charge in [0.1, 0.15) is 30.5 Å². The highest BCUT2D eigenvalue weighted by Gasteiger charge is 2.48. The van der Waals surface area contributed by atoms with Crippen LogP contribution in [-0.4, -0.2) is 97.5 Å².